The van der Waals surface area contributed by atoms with E-state index in [1.807, 2.05) is 24.3 Å². The second-order valence-electron chi connectivity index (χ2n) is 18.8. The summed E-state index contributed by atoms with van der Waals surface area (Å²) in [6, 6.07) is 67.6. The highest BCUT2D eigenvalue weighted by atomic mass is 15.2. The van der Waals surface area contributed by atoms with Gasteiger partial charge in [-0.25, -0.2) is 4.98 Å². The highest BCUT2D eigenvalue weighted by molar-refractivity contribution is 6.19. The summed E-state index contributed by atoms with van der Waals surface area (Å²) in [4.78, 5) is 15.8. The first-order valence-electron chi connectivity index (χ1n) is 22.4. The van der Waals surface area contributed by atoms with Gasteiger partial charge in [-0.2, -0.15) is 9.97 Å². The molecule has 0 atom stereocenters. The lowest BCUT2D eigenvalue weighted by Gasteiger charge is -2.42. The number of hydrogen-bond donors (Lipinski definition) is 0. The standard InChI is InChI=1S/C59H47N5/c1-58(2)31-32-59(3,4)50-35-42(29-30-49(50)58)41-22-16-24-44(34-41)63-51-27-13-11-25-45(51)47-36-48-46-26-12-14-28-52(46)64(54(48)37-53(47)63)57-61-55(39-19-9-6-10-20-39)60-56(62-57)43-23-15-21-40(33-43)38-17-7-5-8-18-38/h5-30,33-37H,31-32H2,1-4H3. The molecule has 0 amide bonds. The molecule has 0 fully saturated rings. The van der Waals surface area contributed by atoms with Crippen molar-refractivity contribution in [2.45, 2.75) is 51.4 Å². The summed E-state index contributed by atoms with van der Waals surface area (Å²) < 4.78 is 4.67. The lowest BCUT2D eigenvalue weighted by atomic mass is 9.63. The highest BCUT2D eigenvalue weighted by Gasteiger charge is 2.37. The van der Waals surface area contributed by atoms with Crippen LogP contribution in [0.1, 0.15) is 51.7 Å². The fourth-order valence-electron chi connectivity index (χ4n) is 10.3. The molecule has 0 bridgehead atoms. The van der Waals surface area contributed by atoms with Gasteiger partial charge < -0.3 is 4.57 Å². The molecule has 3 aromatic heterocycles. The monoisotopic (exact) mass is 825 g/mol. The molecule has 5 heteroatoms. The van der Waals surface area contributed by atoms with Crippen LogP contribution in [0.4, 0.5) is 0 Å². The van der Waals surface area contributed by atoms with E-state index in [0.717, 1.165) is 55.3 Å². The molecule has 0 radical (unpaired) electrons. The molecular weight excluding hydrogens is 779 g/mol. The minimum Gasteiger partial charge on any atom is -0.309 e. The third-order valence-electron chi connectivity index (χ3n) is 13.8. The predicted molar refractivity (Wildman–Crippen MR) is 266 cm³/mol. The number of rotatable bonds is 6. The third-order valence-corrected chi connectivity index (χ3v) is 13.8. The first kappa shape index (κ1) is 38.1. The van der Waals surface area contributed by atoms with Crippen molar-refractivity contribution < 1.29 is 0 Å². The molecule has 0 saturated carbocycles. The zero-order valence-electron chi connectivity index (χ0n) is 36.5. The number of benzene rings is 8. The summed E-state index contributed by atoms with van der Waals surface area (Å²) >= 11 is 0. The fraction of sp³-hybridized carbons (Fsp3) is 0.136. The van der Waals surface area contributed by atoms with Crippen LogP contribution in [-0.2, 0) is 10.8 Å². The maximum atomic E-state index is 5.34. The molecule has 308 valence electrons. The Hall–Kier alpha value is -7.63. The molecule has 8 aromatic carbocycles. The van der Waals surface area contributed by atoms with Gasteiger partial charge in [0.1, 0.15) is 0 Å². The zero-order chi connectivity index (χ0) is 43.2. The summed E-state index contributed by atoms with van der Waals surface area (Å²) in [7, 11) is 0. The molecule has 11 aromatic rings. The number of para-hydroxylation sites is 2. The van der Waals surface area contributed by atoms with Crippen LogP contribution in [0.5, 0.6) is 0 Å². The minimum atomic E-state index is 0.127. The molecule has 1 aliphatic carbocycles. The van der Waals surface area contributed by atoms with Crippen LogP contribution in [-0.4, -0.2) is 24.1 Å². The molecule has 0 aliphatic heterocycles. The van der Waals surface area contributed by atoms with Crippen molar-refractivity contribution in [3.63, 3.8) is 0 Å². The summed E-state index contributed by atoms with van der Waals surface area (Å²) in [6.07, 6.45) is 2.39. The number of fused-ring (bicyclic) bond motifs is 7. The number of aromatic nitrogens is 5. The van der Waals surface area contributed by atoms with Crippen LogP contribution in [0.15, 0.2) is 188 Å². The summed E-state index contributed by atoms with van der Waals surface area (Å²) in [5, 5.41) is 4.71. The first-order valence-corrected chi connectivity index (χ1v) is 22.4. The quantitative estimate of drug-likeness (QED) is 0.168. The Morgan fingerprint density at radius 3 is 1.56 bits per heavy atom. The van der Waals surface area contributed by atoms with Gasteiger partial charge in [-0.1, -0.05) is 173 Å². The van der Waals surface area contributed by atoms with Gasteiger partial charge in [-0.15, -0.1) is 0 Å². The minimum absolute atomic E-state index is 0.127. The smallest absolute Gasteiger partial charge is 0.238 e. The lowest BCUT2D eigenvalue weighted by Crippen LogP contribution is -2.33. The lowest BCUT2D eigenvalue weighted by molar-refractivity contribution is 0.332. The maximum Gasteiger partial charge on any atom is 0.238 e. The highest BCUT2D eigenvalue weighted by Crippen LogP contribution is 2.47. The largest absolute Gasteiger partial charge is 0.309 e. The van der Waals surface area contributed by atoms with Gasteiger partial charge in [-0.05, 0) is 99.5 Å². The van der Waals surface area contributed by atoms with Crippen LogP contribution in [0.2, 0.25) is 0 Å². The molecule has 1 aliphatic rings. The Bertz CT molecular complexity index is 3610. The van der Waals surface area contributed by atoms with Gasteiger partial charge in [0.25, 0.3) is 0 Å². The normalized spacial score (nSPS) is 14.4. The van der Waals surface area contributed by atoms with Crippen molar-refractivity contribution in [3.8, 4) is 56.7 Å². The van der Waals surface area contributed by atoms with Gasteiger partial charge >= 0.3 is 0 Å². The Labute approximate surface area is 373 Å². The van der Waals surface area contributed by atoms with E-state index in [4.69, 9.17) is 15.0 Å². The van der Waals surface area contributed by atoms with Gasteiger partial charge in [0.05, 0.1) is 22.1 Å². The summed E-state index contributed by atoms with van der Waals surface area (Å²) in [6.45, 7) is 9.60. The molecule has 12 rings (SSSR count). The molecular formula is C59H47N5. The van der Waals surface area contributed by atoms with Crippen LogP contribution in [0.25, 0.3) is 100 Å². The zero-order valence-corrected chi connectivity index (χ0v) is 36.5. The average molecular weight is 826 g/mol. The summed E-state index contributed by atoms with van der Waals surface area (Å²) in [5.41, 5.74) is 15.3. The van der Waals surface area contributed by atoms with Gasteiger partial charge in [0.2, 0.25) is 5.95 Å². The summed E-state index contributed by atoms with van der Waals surface area (Å²) in [5.74, 6) is 1.81. The Morgan fingerprint density at radius 1 is 0.344 bits per heavy atom. The molecule has 5 nitrogen and oxygen atoms in total. The van der Waals surface area contributed by atoms with E-state index in [0.29, 0.717) is 17.6 Å². The Kier molecular flexibility index (Phi) is 8.61. The van der Waals surface area contributed by atoms with Crippen molar-refractivity contribution in [2.24, 2.45) is 0 Å². The predicted octanol–water partition coefficient (Wildman–Crippen LogP) is 15.1. The molecule has 0 saturated heterocycles. The van der Waals surface area contributed by atoms with E-state index in [1.165, 1.54) is 51.4 Å². The van der Waals surface area contributed by atoms with Crippen molar-refractivity contribution in [1.82, 2.24) is 24.1 Å². The average Bonchev–Trinajstić information content (AvgIpc) is 3.84. The third kappa shape index (κ3) is 6.17. The van der Waals surface area contributed by atoms with Crippen molar-refractivity contribution >= 4 is 43.6 Å². The van der Waals surface area contributed by atoms with E-state index in [9.17, 15) is 0 Å². The van der Waals surface area contributed by atoms with Crippen molar-refractivity contribution in [3.05, 3.63) is 199 Å². The second-order valence-corrected chi connectivity index (χ2v) is 18.8. The maximum absolute atomic E-state index is 5.34. The Morgan fingerprint density at radius 2 is 0.859 bits per heavy atom. The van der Waals surface area contributed by atoms with Crippen molar-refractivity contribution in [2.75, 3.05) is 0 Å². The van der Waals surface area contributed by atoms with E-state index in [-0.39, 0.29) is 10.8 Å². The van der Waals surface area contributed by atoms with Crippen LogP contribution >= 0.6 is 0 Å². The number of nitrogens with zero attached hydrogens (tertiary/aromatic N) is 5. The molecule has 3 heterocycles. The Balaban J connectivity index is 1.08. The SMILES string of the molecule is CC1(C)CCC(C)(C)c2cc(-c3cccc(-n4c5ccccc5c5cc6c7ccccc7n(-c7nc(-c8ccccc8)nc(-c8cccc(-c9ccccc9)c8)n7)c6cc54)c3)ccc21. The van der Waals surface area contributed by atoms with E-state index < -0.39 is 0 Å². The molecule has 0 spiro atoms. The topological polar surface area (TPSA) is 48.5 Å². The van der Waals surface area contributed by atoms with Crippen LogP contribution in [0, 0.1) is 0 Å². The molecule has 64 heavy (non-hydrogen) atoms. The molecule has 0 unspecified atom stereocenters. The van der Waals surface area contributed by atoms with Gasteiger partial charge in [0.15, 0.2) is 11.6 Å². The van der Waals surface area contributed by atoms with E-state index in [1.54, 1.807) is 0 Å². The van der Waals surface area contributed by atoms with Gasteiger partial charge in [-0.3, -0.25) is 4.57 Å². The van der Waals surface area contributed by atoms with E-state index in [2.05, 4.69) is 201 Å². The fourth-order valence-corrected chi connectivity index (χ4v) is 10.3. The van der Waals surface area contributed by atoms with E-state index >= 15 is 0 Å². The van der Waals surface area contributed by atoms with Crippen LogP contribution in [0.3, 0.4) is 0 Å². The van der Waals surface area contributed by atoms with Crippen molar-refractivity contribution in [1.29, 1.82) is 0 Å². The first-order chi connectivity index (χ1) is 31.2. The van der Waals surface area contributed by atoms with Crippen LogP contribution < -0.4 is 0 Å². The number of hydrogen-bond acceptors (Lipinski definition) is 3. The molecule has 0 N–H and O–H groups in total. The van der Waals surface area contributed by atoms with Gasteiger partial charge in [0, 0.05) is 38.4 Å². The second kappa shape index (κ2) is 14.5.